The van der Waals surface area contributed by atoms with Gasteiger partial charge in [0.05, 0.1) is 4.90 Å². The van der Waals surface area contributed by atoms with Crippen LogP contribution in [0.2, 0.25) is 0 Å². The monoisotopic (exact) mass is 484 g/mol. The molecule has 2 aromatic carbocycles. The number of ether oxygens (including phenoxy) is 1. The van der Waals surface area contributed by atoms with E-state index < -0.39 is 10.1 Å². The Morgan fingerprint density at radius 1 is 0.788 bits per heavy atom. The fourth-order valence-electron chi connectivity index (χ4n) is 3.76. The summed E-state index contributed by atoms with van der Waals surface area (Å²) in [6.45, 7) is 2.25. The third kappa shape index (κ3) is 12.3. The molecule has 1 N–H and O–H groups in total. The normalized spacial score (nSPS) is 11.2. The maximum Gasteiger partial charge on any atom is 1.00 e. The molecule has 7 heteroatoms. The first-order valence-corrected chi connectivity index (χ1v) is 13.4. The van der Waals surface area contributed by atoms with Crippen molar-refractivity contribution in [3.63, 3.8) is 0 Å². The van der Waals surface area contributed by atoms with Gasteiger partial charge in [0.2, 0.25) is 0 Å². The molecule has 0 aliphatic rings. The Morgan fingerprint density at radius 2 is 1.30 bits per heavy atom. The largest absolute Gasteiger partial charge is 1.00 e. The number of aryl methyl sites for hydroxylation is 1. The van der Waals surface area contributed by atoms with Crippen LogP contribution < -0.4 is 39.4 Å². The number of benzene rings is 2. The van der Waals surface area contributed by atoms with Crippen molar-refractivity contribution in [2.75, 3.05) is 0 Å². The summed E-state index contributed by atoms with van der Waals surface area (Å²) in [6, 6.07) is 10.4. The van der Waals surface area contributed by atoms with Crippen LogP contribution in [0.3, 0.4) is 0 Å². The van der Waals surface area contributed by atoms with E-state index in [1.807, 2.05) is 6.07 Å². The molecule has 0 unspecified atom stereocenters. The zero-order valence-corrected chi connectivity index (χ0v) is 23.0. The molecule has 2 rings (SSSR count). The molecule has 0 spiro atoms. The summed E-state index contributed by atoms with van der Waals surface area (Å²) in [5, 5.41) is 12.1. The molecule has 2 aromatic rings. The van der Waals surface area contributed by atoms with E-state index in [9.17, 15) is 13.5 Å². The molecule has 0 aromatic heterocycles. The van der Waals surface area contributed by atoms with Crippen molar-refractivity contribution in [2.45, 2.75) is 95.3 Å². The van der Waals surface area contributed by atoms with Crippen LogP contribution in [0.25, 0.3) is 0 Å². The van der Waals surface area contributed by atoms with E-state index in [1.165, 1.54) is 101 Å². The van der Waals surface area contributed by atoms with Crippen molar-refractivity contribution >= 4 is 10.1 Å². The van der Waals surface area contributed by atoms with E-state index in [1.54, 1.807) is 6.07 Å². The number of hydrogen-bond donors (Lipinski definition) is 1. The summed E-state index contributed by atoms with van der Waals surface area (Å²) in [4.78, 5) is -0.215. The van der Waals surface area contributed by atoms with Crippen LogP contribution >= 0.6 is 0 Å². The Kier molecular flexibility index (Phi) is 15.0. The van der Waals surface area contributed by atoms with Crippen LogP contribution in [0.1, 0.15) is 89.5 Å². The molecule has 0 saturated heterocycles. The molecule has 5 nitrogen and oxygen atoms in total. The average molecular weight is 485 g/mol. The topological polar surface area (TPSA) is 86.7 Å². The summed E-state index contributed by atoms with van der Waals surface area (Å²) in [5.41, 5.74) is 1.06. The fourth-order valence-corrected chi connectivity index (χ4v) is 4.24. The van der Waals surface area contributed by atoms with Gasteiger partial charge in [0.15, 0.2) is 0 Å². The minimum absolute atomic E-state index is 0. The third-order valence-corrected chi connectivity index (χ3v) is 6.54. The SMILES string of the molecule is CCCCCCCCCCCCCCc1ccc([O-])c(Oc2ccc(S(=O)(=O)O)cc2)c1.[Na+]. The predicted molar refractivity (Wildman–Crippen MR) is 127 cm³/mol. The molecule has 0 aliphatic carbocycles. The average Bonchev–Trinajstić information content (AvgIpc) is 2.76. The van der Waals surface area contributed by atoms with Gasteiger partial charge in [0, 0.05) is 0 Å². The second kappa shape index (κ2) is 16.6. The van der Waals surface area contributed by atoms with Crippen LogP contribution in [0.15, 0.2) is 47.4 Å². The van der Waals surface area contributed by atoms with E-state index in [4.69, 9.17) is 9.29 Å². The Morgan fingerprint density at radius 3 is 1.82 bits per heavy atom. The van der Waals surface area contributed by atoms with E-state index in [0.717, 1.165) is 18.4 Å². The van der Waals surface area contributed by atoms with Gasteiger partial charge in [-0.1, -0.05) is 95.4 Å². The summed E-state index contributed by atoms with van der Waals surface area (Å²) >= 11 is 0. The minimum Gasteiger partial charge on any atom is -0.870 e. The summed E-state index contributed by atoms with van der Waals surface area (Å²) < 4.78 is 36.9. The Bertz CT molecular complexity index is 897. The van der Waals surface area contributed by atoms with Gasteiger partial charge >= 0.3 is 29.6 Å². The Labute approximate surface area is 222 Å². The first-order valence-electron chi connectivity index (χ1n) is 12.0. The van der Waals surface area contributed by atoms with Crippen LogP contribution in [0.5, 0.6) is 17.2 Å². The number of hydrogen-bond acceptors (Lipinski definition) is 4. The summed E-state index contributed by atoms with van der Waals surface area (Å²) in [7, 11) is -4.25. The van der Waals surface area contributed by atoms with Gasteiger partial charge in [-0.25, -0.2) is 0 Å². The van der Waals surface area contributed by atoms with Crippen LogP contribution in [0.4, 0.5) is 0 Å². The van der Waals surface area contributed by atoms with Gasteiger partial charge in [0.25, 0.3) is 10.1 Å². The summed E-state index contributed by atoms with van der Waals surface area (Å²) in [6.07, 6.45) is 16.6. The van der Waals surface area contributed by atoms with Gasteiger partial charge in [-0.05, 0) is 48.7 Å². The van der Waals surface area contributed by atoms with Gasteiger partial charge in [-0.3, -0.25) is 4.55 Å². The van der Waals surface area contributed by atoms with Gasteiger partial charge in [0.1, 0.15) is 11.5 Å². The molecular formula is C26H37NaO5S. The molecule has 0 fully saturated rings. The molecular weight excluding hydrogens is 447 g/mol. The summed E-state index contributed by atoms with van der Waals surface area (Å²) in [5.74, 6) is 0.348. The molecule has 0 atom stereocenters. The third-order valence-electron chi connectivity index (χ3n) is 5.68. The van der Waals surface area contributed by atoms with Gasteiger partial charge in [-0.2, -0.15) is 8.42 Å². The van der Waals surface area contributed by atoms with E-state index in [-0.39, 0.29) is 46.0 Å². The molecule has 178 valence electrons. The molecule has 0 amide bonds. The smallest absolute Gasteiger partial charge is 0.870 e. The van der Waals surface area contributed by atoms with Gasteiger partial charge in [-0.15, -0.1) is 0 Å². The number of unbranched alkanes of at least 4 members (excludes halogenated alkanes) is 11. The van der Waals surface area contributed by atoms with Crippen molar-refractivity contribution in [3.05, 3.63) is 48.0 Å². The van der Waals surface area contributed by atoms with Crippen molar-refractivity contribution in [3.8, 4) is 17.2 Å². The van der Waals surface area contributed by atoms with Crippen LogP contribution in [-0.4, -0.2) is 13.0 Å². The maximum atomic E-state index is 12.1. The first-order chi connectivity index (χ1) is 15.4. The molecule has 0 heterocycles. The zero-order valence-electron chi connectivity index (χ0n) is 20.2. The van der Waals surface area contributed by atoms with Gasteiger partial charge < -0.3 is 9.84 Å². The molecule has 0 radical (unpaired) electrons. The minimum atomic E-state index is -4.25. The fraction of sp³-hybridized carbons (Fsp3) is 0.538. The van der Waals surface area contributed by atoms with Crippen molar-refractivity contribution < 1.29 is 52.4 Å². The molecule has 0 saturated carbocycles. The van der Waals surface area contributed by atoms with E-state index >= 15 is 0 Å². The second-order valence-corrected chi connectivity index (χ2v) is 9.89. The van der Waals surface area contributed by atoms with Crippen molar-refractivity contribution in [1.29, 1.82) is 0 Å². The molecule has 0 aliphatic heterocycles. The van der Waals surface area contributed by atoms with E-state index in [0.29, 0.717) is 5.75 Å². The maximum absolute atomic E-state index is 12.1. The van der Waals surface area contributed by atoms with Crippen LogP contribution in [-0.2, 0) is 16.5 Å². The zero-order chi connectivity index (χ0) is 23.2. The predicted octanol–water partition coefficient (Wildman–Crippen LogP) is 4.05. The Hall–Kier alpha value is -1.05. The second-order valence-electron chi connectivity index (χ2n) is 8.47. The standard InChI is InChI=1S/C26H38O5S.Na/c1-2-3-4-5-6-7-8-9-10-11-12-13-14-22-15-20-25(27)26(21-22)31-23-16-18-24(19-17-23)32(28,29)30;/h15-21,27H,2-14H2,1H3,(H,28,29,30);/q;+1/p-1. The quantitative estimate of drug-likeness (QED) is 0.221. The molecule has 0 bridgehead atoms. The first kappa shape index (κ1) is 30.0. The molecule has 33 heavy (non-hydrogen) atoms. The van der Waals surface area contributed by atoms with Crippen LogP contribution in [0, 0.1) is 0 Å². The van der Waals surface area contributed by atoms with Crippen molar-refractivity contribution in [2.24, 2.45) is 0 Å². The Balaban J connectivity index is 0.00000544. The number of rotatable bonds is 16. The van der Waals surface area contributed by atoms with Crippen molar-refractivity contribution in [1.82, 2.24) is 0 Å². The van der Waals surface area contributed by atoms with E-state index in [2.05, 4.69) is 6.92 Å².